The van der Waals surface area contributed by atoms with Crippen LogP contribution in [-0.4, -0.2) is 64.6 Å². The molecule has 0 saturated carbocycles. The van der Waals surface area contributed by atoms with E-state index in [4.69, 9.17) is 16.3 Å². The Bertz CT molecular complexity index is 1010. The summed E-state index contributed by atoms with van der Waals surface area (Å²) < 4.78 is 6.74. The first-order valence-electron chi connectivity index (χ1n) is 10.0. The van der Waals surface area contributed by atoms with Gasteiger partial charge in [-0.2, -0.15) is 5.10 Å². The van der Waals surface area contributed by atoms with Gasteiger partial charge in [-0.3, -0.25) is 24.0 Å². The lowest BCUT2D eigenvalue weighted by molar-refractivity contribution is -0.143. The molecule has 0 spiro atoms. The highest BCUT2D eigenvalue weighted by Gasteiger charge is 2.54. The molecule has 2 heterocycles. The zero-order valence-electron chi connectivity index (χ0n) is 18.2. The number of nitrogens with zero attached hydrogens (tertiary/aromatic N) is 4. The van der Waals surface area contributed by atoms with Crippen molar-refractivity contribution in [2.45, 2.75) is 31.7 Å². The van der Waals surface area contributed by atoms with Gasteiger partial charge in [-0.25, -0.2) is 0 Å². The molecular weight excluding hydrogens is 420 g/mol. The van der Waals surface area contributed by atoms with Crippen LogP contribution < -0.4 is 0 Å². The van der Waals surface area contributed by atoms with E-state index in [1.54, 1.807) is 40.9 Å². The zero-order valence-corrected chi connectivity index (χ0v) is 19.0. The topological polar surface area (TPSA) is 84.7 Å². The molecule has 1 atom stereocenters. The van der Waals surface area contributed by atoms with Crippen LogP contribution >= 0.6 is 11.6 Å². The lowest BCUT2D eigenvalue weighted by atomic mass is 9.75. The fourth-order valence-corrected chi connectivity index (χ4v) is 4.36. The largest absolute Gasteiger partial charge is 0.383 e. The first kappa shape index (κ1) is 23.0. The number of benzene rings is 1. The zero-order chi connectivity index (χ0) is 22.8. The van der Waals surface area contributed by atoms with Gasteiger partial charge in [-0.15, -0.1) is 0 Å². The van der Waals surface area contributed by atoms with Crippen LogP contribution in [0.3, 0.4) is 0 Å². The van der Waals surface area contributed by atoms with E-state index in [2.05, 4.69) is 5.10 Å². The quantitative estimate of drug-likeness (QED) is 0.579. The van der Waals surface area contributed by atoms with Crippen LogP contribution in [0.15, 0.2) is 30.5 Å². The molecule has 1 unspecified atom stereocenters. The summed E-state index contributed by atoms with van der Waals surface area (Å²) in [7, 11) is 5.01. The summed E-state index contributed by atoms with van der Waals surface area (Å²) in [5.41, 5.74) is 0.911. The van der Waals surface area contributed by atoms with Gasteiger partial charge in [0.15, 0.2) is 0 Å². The van der Waals surface area contributed by atoms with Crippen molar-refractivity contribution < 1.29 is 19.1 Å². The predicted molar refractivity (Wildman–Crippen MR) is 115 cm³/mol. The molecule has 1 aromatic heterocycles. The Balaban J connectivity index is 1.92. The molecule has 2 aromatic rings. The Labute approximate surface area is 186 Å². The Morgan fingerprint density at radius 3 is 2.65 bits per heavy atom. The molecule has 0 aliphatic carbocycles. The second-order valence-electron chi connectivity index (χ2n) is 7.92. The van der Waals surface area contributed by atoms with Gasteiger partial charge in [0.25, 0.3) is 0 Å². The summed E-state index contributed by atoms with van der Waals surface area (Å²) >= 11 is 6.43. The smallest absolute Gasteiger partial charge is 0.241 e. The monoisotopic (exact) mass is 446 g/mol. The van der Waals surface area contributed by atoms with Crippen molar-refractivity contribution in [2.75, 3.05) is 27.3 Å². The number of imide groups is 1. The highest BCUT2D eigenvalue weighted by Crippen LogP contribution is 2.43. The second-order valence-corrected chi connectivity index (χ2v) is 8.33. The van der Waals surface area contributed by atoms with Crippen LogP contribution in [0.4, 0.5) is 0 Å². The summed E-state index contributed by atoms with van der Waals surface area (Å²) in [6.45, 7) is 2.60. The molecule has 31 heavy (non-hydrogen) atoms. The highest BCUT2D eigenvalue weighted by molar-refractivity contribution is 6.32. The summed E-state index contributed by atoms with van der Waals surface area (Å²) in [5, 5.41) is 4.66. The summed E-state index contributed by atoms with van der Waals surface area (Å²) in [5.74, 6) is -1.000. The molecule has 1 saturated heterocycles. The molecule has 3 amide bonds. The average Bonchev–Trinajstić information content (AvgIpc) is 3.15. The van der Waals surface area contributed by atoms with Crippen LogP contribution in [0.25, 0.3) is 0 Å². The Kier molecular flexibility index (Phi) is 6.81. The molecule has 8 nitrogen and oxygen atoms in total. The van der Waals surface area contributed by atoms with Crippen molar-refractivity contribution in [2.24, 2.45) is 7.05 Å². The highest BCUT2D eigenvalue weighted by atomic mass is 35.5. The van der Waals surface area contributed by atoms with Crippen LogP contribution in [0.1, 0.15) is 29.7 Å². The van der Waals surface area contributed by atoms with E-state index in [1.807, 2.05) is 20.2 Å². The van der Waals surface area contributed by atoms with E-state index < -0.39 is 11.3 Å². The fraction of sp³-hybridized carbons (Fsp3) is 0.455. The predicted octanol–water partition coefficient (Wildman–Crippen LogP) is 2.07. The van der Waals surface area contributed by atoms with Crippen molar-refractivity contribution in [1.82, 2.24) is 19.6 Å². The normalized spacial score (nSPS) is 18.7. The van der Waals surface area contributed by atoms with Gasteiger partial charge in [0.2, 0.25) is 17.7 Å². The van der Waals surface area contributed by atoms with Crippen LogP contribution in [0.5, 0.6) is 0 Å². The molecule has 1 aromatic carbocycles. The maximum absolute atomic E-state index is 13.5. The first-order chi connectivity index (χ1) is 14.7. The summed E-state index contributed by atoms with van der Waals surface area (Å²) in [6, 6.07) is 6.89. The third-order valence-electron chi connectivity index (χ3n) is 5.72. The van der Waals surface area contributed by atoms with Crippen molar-refractivity contribution in [3.8, 4) is 0 Å². The third kappa shape index (κ3) is 4.50. The van der Waals surface area contributed by atoms with Gasteiger partial charge in [-0.05, 0) is 18.6 Å². The van der Waals surface area contributed by atoms with Gasteiger partial charge in [0.05, 0.1) is 24.3 Å². The minimum atomic E-state index is -1.33. The summed E-state index contributed by atoms with van der Waals surface area (Å²) in [6.07, 6.45) is 1.60. The minimum Gasteiger partial charge on any atom is -0.383 e. The maximum atomic E-state index is 13.5. The standard InChI is InChI=1S/C22H27ClN4O4/c1-15-16(14-26(3)24-15)13-25(2)19(28)11-22(17-7-5-6-8-18(17)23)12-20(29)27(21(22)30)9-10-31-4/h5-8,14H,9-13H2,1-4H3. The number of halogens is 1. The van der Waals surface area contributed by atoms with Crippen molar-refractivity contribution >= 4 is 29.3 Å². The molecule has 0 bridgehead atoms. The SMILES string of the molecule is COCCN1C(=O)CC(CC(=O)N(C)Cc2cn(C)nc2C)(c2ccccc2Cl)C1=O. The molecule has 0 radical (unpaired) electrons. The number of hydrogen-bond donors (Lipinski definition) is 0. The molecule has 1 fully saturated rings. The number of carbonyl (C=O) groups excluding carboxylic acids is 3. The molecule has 9 heteroatoms. The number of rotatable bonds is 8. The molecular formula is C22H27ClN4O4. The number of carbonyl (C=O) groups is 3. The third-order valence-corrected chi connectivity index (χ3v) is 6.05. The Hall–Kier alpha value is -2.71. The van der Waals surface area contributed by atoms with Crippen molar-refractivity contribution in [3.63, 3.8) is 0 Å². The lowest BCUT2D eigenvalue weighted by Crippen LogP contribution is -2.43. The minimum absolute atomic E-state index is 0.106. The first-order valence-corrected chi connectivity index (χ1v) is 10.4. The van der Waals surface area contributed by atoms with E-state index in [1.165, 1.54) is 12.0 Å². The van der Waals surface area contributed by atoms with Crippen LogP contribution in [0, 0.1) is 6.92 Å². The Morgan fingerprint density at radius 2 is 2.03 bits per heavy atom. The number of aromatic nitrogens is 2. The number of ether oxygens (including phenoxy) is 1. The molecule has 1 aliphatic rings. The van der Waals surface area contributed by atoms with Gasteiger partial charge < -0.3 is 9.64 Å². The van der Waals surface area contributed by atoms with E-state index >= 15 is 0 Å². The van der Waals surface area contributed by atoms with Gasteiger partial charge >= 0.3 is 0 Å². The average molecular weight is 447 g/mol. The number of amides is 3. The van der Waals surface area contributed by atoms with Crippen molar-refractivity contribution in [1.29, 1.82) is 0 Å². The number of likely N-dealkylation sites (tertiary alicyclic amines) is 1. The van der Waals surface area contributed by atoms with E-state index in [0.717, 1.165) is 11.3 Å². The Morgan fingerprint density at radius 1 is 1.32 bits per heavy atom. The second kappa shape index (κ2) is 9.20. The van der Waals surface area contributed by atoms with E-state index in [-0.39, 0.29) is 37.8 Å². The maximum Gasteiger partial charge on any atom is 0.241 e. The fourth-order valence-electron chi connectivity index (χ4n) is 4.04. The molecule has 3 rings (SSSR count). The lowest BCUT2D eigenvalue weighted by Gasteiger charge is -2.30. The van der Waals surface area contributed by atoms with Gasteiger partial charge in [0.1, 0.15) is 0 Å². The summed E-state index contributed by atoms with van der Waals surface area (Å²) in [4.78, 5) is 42.2. The number of aryl methyl sites for hydroxylation is 2. The number of hydrogen-bond acceptors (Lipinski definition) is 5. The van der Waals surface area contributed by atoms with Crippen LogP contribution in [-0.2, 0) is 38.1 Å². The molecule has 166 valence electrons. The van der Waals surface area contributed by atoms with E-state index in [0.29, 0.717) is 17.1 Å². The van der Waals surface area contributed by atoms with E-state index in [9.17, 15) is 14.4 Å². The van der Waals surface area contributed by atoms with Crippen LogP contribution in [0.2, 0.25) is 5.02 Å². The molecule has 1 aliphatic heterocycles. The molecule has 0 N–H and O–H groups in total. The van der Waals surface area contributed by atoms with Crippen molar-refractivity contribution in [3.05, 3.63) is 52.3 Å². The van der Waals surface area contributed by atoms with Gasteiger partial charge in [0, 0.05) is 57.4 Å². The van der Waals surface area contributed by atoms with Gasteiger partial charge in [-0.1, -0.05) is 29.8 Å². The number of methoxy groups -OCH3 is 1.